The first-order valence-electron chi connectivity index (χ1n) is 8.00. The first-order valence-corrected chi connectivity index (χ1v) is 9.26. The summed E-state index contributed by atoms with van der Waals surface area (Å²) in [5.41, 5.74) is 2.48. The van der Waals surface area contributed by atoms with Crippen LogP contribution < -0.4 is 0 Å². The molecular formula is C16H21ClN4OS. The van der Waals surface area contributed by atoms with Gasteiger partial charge in [0.25, 0.3) is 0 Å². The van der Waals surface area contributed by atoms with Gasteiger partial charge in [-0.05, 0) is 26.7 Å². The predicted octanol–water partition coefficient (Wildman–Crippen LogP) is 3.54. The minimum absolute atomic E-state index is 0.176. The van der Waals surface area contributed by atoms with E-state index < -0.39 is 0 Å². The molecule has 0 spiro atoms. The molecule has 3 rings (SSSR count). The number of likely N-dealkylation sites (tertiary alicyclic amines) is 1. The molecule has 1 saturated heterocycles. The van der Waals surface area contributed by atoms with Crippen molar-refractivity contribution in [2.45, 2.75) is 46.0 Å². The van der Waals surface area contributed by atoms with Crippen molar-refractivity contribution in [2.24, 2.45) is 0 Å². The van der Waals surface area contributed by atoms with Gasteiger partial charge in [-0.25, -0.2) is 9.67 Å². The Labute approximate surface area is 145 Å². The first kappa shape index (κ1) is 16.5. The fourth-order valence-electron chi connectivity index (χ4n) is 2.87. The van der Waals surface area contributed by atoms with Crippen LogP contribution in [-0.2, 0) is 11.2 Å². The Hall–Kier alpha value is -1.40. The van der Waals surface area contributed by atoms with Gasteiger partial charge in [-0.15, -0.1) is 11.3 Å². The molecule has 0 saturated carbocycles. The average molecular weight is 353 g/mol. The molecule has 1 aliphatic rings. The normalized spacial score (nSPS) is 15.7. The summed E-state index contributed by atoms with van der Waals surface area (Å²) >= 11 is 7.68. The van der Waals surface area contributed by atoms with E-state index in [-0.39, 0.29) is 5.91 Å². The quantitative estimate of drug-likeness (QED) is 0.848. The molecule has 0 aromatic carbocycles. The molecule has 5 nitrogen and oxygen atoms in total. The molecule has 1 aliphatic heterocycles. The third-order valence-electron chi connectivity index (χ3n) is 4.21. The van der Waals surface area contributed by atoms with Gasteiger partial charge in [-0.1, -0.05) is 24.4 Å². The Kier molecular flexibility index (Phi) is 5.02. The number of hydrogen-bond acceptors (Lipinski definition) is 4. The Morgan fingerprint density at radius 3 is 2.57 bits per heavy atom. The lowest BCUT2D eigenvalue weighted by molar-refractivity contribution is -0.130. The Balaban J connectivity index is 1.71. The summed E-state index contributed by atoms with van der Waals surface area (Å²) in [5.74, 6) is 0.176. The maximum Gasteiger partial charge on any atom is 0.228 e. The molecule has 1 fully saturated rings. The molecule has 2 aromatic rings. The van der Waals surface area contributed by atoms with Crippen molar-refractivity contribution < 1.29 is 4.79 Å². The van der Waals surface area contributed by atoms with E-state index in [9.17, 15) is 4.79 Å². The molecule has 23 heavy (non-hydrogen) atoms. The summed E-state index contributed by atoms with van der Waals surface area (Å²) in [7, 11) is 0. The highest BCUT2D eigenvalue weighted by Crippen LogP contribution is 2.24. The molecule has 124 valence electrons. The Bertz CT molecular complexity index is 701. The summed E-state index contributed by atoms with van der Waals surface area (Å²) < 4.78 is 1.75. The van der Waals surface area contributed by atoms with Crippen LogP contribution in [0.5, 0.6) is 0 Å². The maximum absolute atomic E-state index is 12.4. The zero-order valence-corrected chi connectivity index (χ0v) is 15.1. The lowest BCUT2D eigenvalue weighted by Gasteiger charge is -2.19. The molecule has 0 radical (unpaired) electrons. The van der Waals surface area contributed by atoms with E-state index in [1.807, 2.05) is 24.1 Å². The number of rotatable bonds is 3. The Morgan fingerprint density at radius 1 is 1.26 bits per heavy atom. The van der Waals surface area contributed by atoms with Crippen molar-refractivity contribution in [3.05, 3.63) is 27.5 Å². The number of thiazole rings is 1. The largest absolute Gasteiger partial charge is 0.342 e. The van der Waals surface area contributed by atoms with Crippen molar-refractivity contribution in [3.8, 4) is 5.13 Å². The van der Waals surface area contributed by atoms with Crippen LogP contribution in [0.25, 0.3) is 5.13 Å². The van der Waals surface area contributed by atoms with Crippen molar-refractivity contribution >= 4 is 28.8 Å². The average Bonchev–Trinajstić information content (AvgIpc) is 2.95. The maximum atomic E-state index is 12.4. The second-order valence-corrected chi connectivity index (χ2v) is 7.20. The summed E-state index contributed by atoms with van der Waals surface area (Å²) in [5, 5.41) is 7.78. The Morgan fingerprint density at radius 2 is 1.96 bits per heavy atom. The molecule has 0 bridgehead atoms. The second kappa shape index (κ2) is 7.01. The minimum atomic E-state index is 0.176. The standard InChI is InChI=1S/C16H21ClN4OS/c1-11-15(17)12(2)21(19-11)16-18-13(10-23-16)9-14(22)20-7-5-3-4-6-8-20/h10H,3-9H2,1-2H3. The van der Waals surface area contributed by atoms with Crippen LogP contribution in [0.3, 0.4) is 0 Å². The number of carbonyl (C=O) groups is 1. The van der Waals surface area contributed by atoms with Crippen LogP contribution in [0, 0.1) is 13.8 Å². The highest BCUT2D eigenvalue weighted by Gasteiger charge is 2.18. The summed E-state index contributed by atoms with van der Waals surface area (Å²) in [6, 6.07) is 0. The van der Waals surface area contributed by atoms with Gasteiger partial charge < -0.3 is 4.90 Å². The topological polar surface area (TPSA) is 51.0 Å². The van der Waals surface area contributed by atoms with E-state index in [2.05, 4.69) is 10.1 Å². The lowest BCUT2D eigenvalue weighted by atomic mass is 10.2. The van der Waals surface area contributed by atoms with Crippen molar-refractivity contribution in [2.75, 3.05) is 13.1 Å². The zero-order chi connectivity index (χ0) is 16.4. The fourth-order valence-corrected chi connectivity index (χ4v) is 3.81. The van der Waals surface area contributed by atoms with Crippen molar-refractivity contribution in [1.29, 1.82) is 0 Å². The van der Waals surface area contributed by atoms with E-state index in [1.54, 1.807) is 4.68 Å². The predicted molar refractivity (Wildman–Crippen MR) is 92.5 cm³/mol. The molecular weight excluding hydrogens is 332 g/mol. The summed E-state index contributed by atoms with van der Waals surface area (Å²) in [4.78, 5) is 19.0. The molecule has 1 amide bonds. The van der Waals surface area contributed by atoms with Gasteiger partial charge in [0.2, 0.25) is 11.0 Å². The second-order valence-electron chi connectivity index (χ2n) is 5.99. The van der Waals surface area contributed by atoms with E-state index in [0.29, 0.717) is 11.4 Å². The third-order valence-corrected chi connectivity index (χ3v) is 5.63. The highest BCUT2D eigenvalue weighted by atomic mass is 35.5. The summed E-state index contributed by atoms with van der Waals surface area (Å²) in [6.07, 6.45) is 5.03. The zero-order valence-electron chi connectivity index (χ0n) is 13.5. The fraction of sp³-hybridized carbons (Fsp3) is 0.562. The molecule has 0 aliphatic carbocycles. The van der Waals surface area contributed by atoms with Gasteiger partial charge in [0, 0.05) is 18.5 Å². The van der Waals surface area contributed by atoms with Crippen LogP contribution in [-0.4, -0.2) is 38.7 Å². The van der Waals surface area contributed by atoms with E-state index in [1.165, 1.54) is 24.2 Å². The van der Waals surface area contributed by atoms with Gasteiger partial charge in [0.15, 0.2) is 0 Å². The minimum Gasteiger partial charge on any atom is -0.342 e. The molecule has 0 N–H and O–H groups in total. The first-order chi connectivity index (χ1) is 11.1. The van der Waals surface area contributed by atoms with Gasteiger partial charge in [0.05, 0.1) is 28.5 Å². The van der Waals surface area contributed by atoms with E-state index >= 15 is 0 Å². The third kappa shape index (κ3) is 3.58. The molecule has 7 heteroatoms. The number of aromatic nitrogens is 3. The molecule has 0 unspecified atom stereocenters. The SMILES string of the molecule is Cc1nn(-c2nc(CC(=O)N3CCCCCC3)cs2)c(C)c1Cl. The van der Waals surface area contributed by atoms with Gasteiger partial charge >= 0.3 is 0 Å². The van der Waals surface area contributed by atoms with Gasteiger partial charge in [-0.2, -0.15) is 5.10 Å². The highest BCUT2D eigenvalue weighted by molar-refractivity contribution is 7.12. The number of halogens is 1. The summed E-state index contributed by atoms with van der Waals surface area (Å²) in [6.45, 7) is 5.56. The van der Waals surface area contributed by atoms with Crippen LogP contribution in [0.4, 0.5) is 0 Å². The number of nitrogens with zero attached hydrogens (tertiary/aromatic N) is 4. The van der Waals surface area contributed by atoms with Crippen LogP contribution in [0.1, 0.15) is 42.8 Å². The van der Waals surface area contributed by atoms with E-state index in [0.717, 1.165) is 48.1 Å². The smallest absolute Gasteiger partial charge is 0.228 e. The van der Waals surface area contributed by atoms with Gasteiger partial charge in [-0.3, -0.25) is 4.79 Å². The van der Waals surface area contributed by atoms with Crippen LogP contribution >= 0.6 is 22.9 Å². The lowest BCUT2D eigenvalue weighted by Crippen LogP contribution is -2.33. The molecule has 3 heterocycles. The van der Waals surface area contributed by atoms with Crippen LogP contribution in [0.2, 0.25) is 5.02 Å². The monoisotopic (exact) mass is 352 g/mol. The van der Waals surface area contributed by atoms with Gasteiger partial charge in [0.1, 0.15) is 0 Å². The number of amides is 1. The van der Waals surface area contributed by atoms with Crippen molar-refractivity contribution in [1.82, 2.24) is 19.7 Å². The molecule has 2 aromatic heterocycles. The number of aryl methyl sites for hydroxylation is 1. The number of hydrogen-bond donors (Lipinski definition) is 0. The van der Waals surface area contributed by atoms with Crippen molar-refractivity contribution in [3.63, 3.8) is 0 Å². The van der Waals surface area contributed by atoms with E-state index in [4.69, 9.17) is 11.6 Å². The molecule has 0 atom stereocenters. The number of carbonyl (C=O) groups excluding carboxylic acids is 1. The van der Waals surface area contributed by atoms with Crippen LogP contribution in [0.15, 0.2) is 5.38 Å².